The van der Waals surface area contributed by atoms with E-state index in [1.165, 1.54) is 4.52 Å². The van der Waals surface area contributed by atoms with Gasteiger partial charge in [-0.3, -0.25) is 4.79 Å². The zero-order valence-corrected chi connectivity index (χ0v) is 16.7. The molecule has 144 valence electrons. The van der Waals surface area contributed by atoms with Gasteiger partial charge in [-0.1, -0.05) is 41.4 Å². The van der Waals surface area contributed by atoms with Crippen LogP contribution in [0.4, 0.5) is 0 Å². The van der Waals surface area contributed by atoms with E-state index >= 15 is 0 Å². The maximum atomic E-state index is 13.0. The van der Waals surface area contributed by atoms with E-state index in [0.717, 1.165) is 11.1 Å². The summed E-state index contributed by atoms with van der Waals surface area (Å²) in [5.74, 6) is 0.637. The van der Waals surface area contributed by atoms with Crippen LogP contribution in [-0.2, 0) is 0 Å². The lowest BCUT2D eigenvalue weighted by Crippen LogP contribution is -2.15. The molecule has 8 heteroatoms. The largest absolute Gasteiger partial charge is 0.323 e. The number of hydrogen-bond donors (Lipinski definition) is 1. The fraction of sp³-hybridized carbons (Fsp3) is 0. The number of nitrogens with zero attached hydrogens (tertiary/aromatic N) is 4. The van der Waals surface area contributed by atoms with Gasteiger partial charge in [0.15, 0.2) is 5.82 Å². The molecule has 3 aromatic carbocycles. The molecule has 0 bridgehead atoms. The molecule has 2 heterocycles. The summed E-state index contributed by atoms with van der Waals surface area (Å²) in [6.45, 7) is 0. The van der Waals surface area contributed by atoms with Crippen molar-refractivity contribution in [2.75, 3.05) is 0 Å². The third kappa shape index (κ3) is 3.01. The molecule has 1 N–H and O–H groups in total. The third-order valence-corrected chi connectivity index (χ3v) is 5.36. The summed E-state index contributed by atoms with van der Waals surface area (Å²) in [7, 11) is 0. The van der Waals surface area contributed by atoms with Gasteiger partial charge in [0.1, 0.15) is 0 Å². The van der Waals surface area contributed by atoms with Crippen molar-refractivity contribution in [2.24, 2.45) is 0 Å². The molecule has 5 rings (SSSR count). The monoisotopic (exact) mass is 431 g/mol. The summed E-state index contributed by atoms with van der Waals surface area (Å²) in [5.41, 5.74) is 3.37. The Morgan fingerprint density at radius 2 is 1.73 bits per heavy atom. The van der Waals surface area contributed by atoms with Gasteiger partial charge in [0, 0.05) is 10.6 Å². The Morgan fingerprint density at radius 1 is 0.967 bits per heavy atom. The first-order chi connectivity index (χ1) is 14.5. The van der Waals surface area contributed by atoms with Crippen LogP contribution in [-0.4, -0.2) is 19.6 Å². The maximum Gasteiger partial charge on any atom is 0.283 e. The Kier molecular flexibility index (Phi) is 4.28. The SMILES string of the molecule is N#Cc1ccc(-c2ccc3c(=O)n4nc(-c5ccc(Cl)cc5Cl)nc4[nH]c3c2)cc1. The number of nitrogens with one attached hydrogen (secondary N) is 1. The first kappa shape index (κ1) is 18.4. The highest BCUT2D eigenvalue weighted by Crippen LogP contribution is 2.28. The summed E-state index contributed by atoms with van der Waals surface area (Å²) in [6, 6.07) is 19.8. The van der Waals surface area contributed by atoms with Gasteiger partial charge >= 0.3 is 0 Å². The van der Waals surface area contributed by atoms with Crippen molar-refractivity contribution in [1.82, 2.24) is 19.6 Å². The summed E-state index contributed by atoms with van der Waals surface area (Å²) in [5, 5.41) is 14.7. The summed E-state index contributed by atoms with van der Waals surface area (Å²) < 4.78 is 1.23. The molecule has 0 amide bonds. The molecule has 0 saturated heterocycles. The summed E-state index contributed by atoms with van der Waals surface area (Å²) in [4.78, 5) is 20.6. The van der Waals surface area contributed by atoms with Gasteiger partial charge in [-0.25, -0.2) is 0 Å². The molecule has 0 fully saturated rings. The van der Waals surface area contributed by atoms with Gasteiger partial charge in [-0.05, 0) is 53.6 Å². The minimum absolute atomic E-state index is 0.283. The van der Waals surface area contributed by atoms with E-state index in [9.17, 15) is 4.79 Å². The van der Waals surface area contributed by atoms with Crippen molar-refractivity contribution < 1.29 is 0 Å². The van der Waals surface area contributed by atoms with Crippen LogP contribution in [0.15, 0.2) is 65.5 Å². The Balaban J connectivity index is 1.67. The molecule has 0 radical (unpaired) electrons. The molecule has 0 saturated carbocycles. The van der Waals surface area contributed by atoms with Crippen molar-refractivity contribution in [3.63, 3.8) is 0 Å². The van der Waals surface area contributed by atoms with E-state index in [1.807, 2.05) is 24.3 Å². The Hall–Kier alpha value is -3.66. The lowest BCUT2D eigenvalue weighted by atomic mass is 10.0. The van der Waals surface area contributed by atoms with E-state index in [1.54, 1.807) is 36.4 Å². The van der Waals surface area contributed by atoms with Crippen LogP contribution >= 0.6 is 23.2 Å². The number of aromatic nitrogens is 4. The van der Waals surface area contributed by atoms with Crippen LogP contribution in [0.25, 0.3) is 39.2 Å². The predicted octanol–water partition coefficient (Wildman–Crippen LogP) is 5.08. The van der Waals surface area contributed by atoms with Gasteiger partial charge in [0.05, 0.1) is 27.6 Å². The van der Waals surface area contributed by atoms with Gasteiger partial charge in [0.2, 0.25) is 5.78 Å². The molecular weight excluding hydrogens is 421 g/mol. The topological polar surface area (TPSA) is 86.8 Å². The van der Waals surface area contributed by atoms with Crippen molar-refractivity contribution in [3.05, 3.63) is 86.6 Å². The lowest BCUT2D eigenvalue weighted by molar-refractivity contribution is 0.919. The van der Waals surface area contributed by atoms with Crippen LogP contribution in [0.1, 0.15) is 5.56 Å². The third-order valence-electron chi connectivity index (χ3n) is 4.82. The van der Waals surface area contributed by atoms with Crippen LogP contribution in [0, 0.1) is 11.3 Å². The zero-order chi connectivity index (χ0) is 20.8. The minimum atomic E-state index is -0.283. The molecule has 0 spiro atoms. The van der Waals surface area contributed by atoms with Gasteiger partial charge < -0.3 is 4.98 Å². The van der Waals surface area contributed by atoms with Crippen molar-refractivity contribution >= 4 is 39.9 Å². The molecule has 0 aliphatic carbocycles. The van der Waals surface area contributed by atoms with Crippen LogP contribution < -0.4 is 5.56 Å². The number of hydrogen-bond acceptors (Lipinski definition) is 4. The molecule has 0 aliphatic heterocycles. The van der Waals surface area contributed by atoms with E-state index in [4.69, 9.17) is 28.5 Å². The molecule has 0 atom stereocenters. The van der Waals surface area contributed by atoms with Crippen LogP contribution in [0.2, 0.25) is 10.0 Å². The average molecular weight is 432 g/mol. The van der Waals surface area contributed by atoms with Crippen LogP contribution in [0.5, 0.6) is 0 Å². The quantitative estimate of drug-likeness (QED) is 0.421. The number of fused-ring (bicyclic) bond motifs is 2. The van der Waals surface area contributed by atoms with Crippen molar-refractivity contribution in [2.45, 2.75) is 0 Å². The van der Waals surface area contributed by atoms with Gasteiger partial charge in [-0.15, -0.1) is 5.10 Å². The van der Waals surface area contributed by atoms with Gasteiger partial charge in [0.25, 0.3) is 5.56 Å². The second kappa shape index (κ2) is 6.99. The highest BCUT2D eigenvalue weighted by molar-refractivity contribution is 6.36. The summed E-state index contributed by atoms with van der Waals surface area (Å²) >= 11 is 12.2. The zero-order valence-electron chi connectivity index (χ0n) is 15.2. The molecule has 2 aromatic heterocycles. The molecular formula is C22H11Cl2N5O. The van der Waals surface area contributed by atoms with E-state index < -0.39 is 0 Å². The number of nitriles is 1. The molecule has 30 heavy (non-hydrogen) atoms. The number of halogens is 2. The number of H-pyrrole nitrogens is 1. The average Bonchev–Trinajstić information content (AvgIpc) is 3.17. The fourth-order valence-corrected chi connectivity index (χ4v) is 3.80. The molecule has 0 unspecified atom stereocenters. The molecule has 0 aliphatic rings. The molecule has 5 aromatic rings. The maximum absolute atomic E-state index is 13.0. The smallest absolute Gasteiger partial charge is 0.283 e. The normalized spacial score (nSPS) is 11.1. The Labute approximate surface area is 179 Å². The highest BCUT2D eigenvalue weighted by Gasteiger charge is 2.14. The highest BCUT2D eigenvalue weighted by atomic mass is 35.5. The second-order valence-corrected chi connectivity index (χ2v) is 7.52. The van der Waals surface area contributed by atoms with E-state index in [-0.39, 0.29) is 5.56 Å². The Bertz CT molecular complexity index is 1540. The van der Waals surface area contributed by atoms with Gasteiger partial charge in [-0.2, -0.15) is 14.8 Å². The fourth-order valence-electron chi connectivity index (χ4n) is 3.31. The van der Waals surface area contributed by atoms with Crippen molar-refractivity contribution in [1.29, 1.82) is 5.26 Å². The standard InChI is InChI=1S/C22H11Cl2N5O/c23-15-6-8-16(18(24)10-15)20-27-22-26-19-9-14(13-3-1-12(11-25)2-4-13)5-7-17(19)21(30)29(22)28-20/h1-10H,(H,26,27,28). The number of benzene rings is 3. The van der Waals surface area contributed by atoms with Crippen LogP contribution in [0.3, 0.4) is 0 Å². The lowest BCUT2D eigenvalue weighted by Gasteiger charge is -2.04. The second-order valence-electron chi connectivity index (χ2n) is 6.67. The predicted molar refractivity (Wildman–Crippen MR) is 117 cm³/mol. The number of aromatic amines is 1. The molecule has 6 nitrogen and oxygen atoms in total. The first-order valence-corrected chi connectivity index (χ1v) is 9.68. The van der Waals surface area contributed by atoms with E-state index in [0.29, 0.717) is 43.7 Å². The first-order valence-electron chi connectivity index (χ1n) is 8.92. The minimum Gasteiger partial charge on any atom is -0.323 e. The van der Waals surface area contributed by atoms with E-state index in [2.05, 4.69) is 21.1 Å². The Morgan fingerprint density at radius 3 is 2.47 bits per heavy atom. The summed E-state index contributed by atoms with van der Waals surface area (Å²) in [6.07, 6.45) is 0. The number of rotatable bonds is 2. The van der Waals surface area contributed by atoms with Crippen molar-refractivity contribution in [3.8, 4) is 28.6 Å².